The Morgan fingerprint density at radius 2 is 1.80 bits per heavy atom. The van der Waals surface area contributed by atoms with Gasteiger partial charge in [-0.2, -0.15) is 0 Å². The number of anilines is 1. The highest BCUT2D eigenvalue weighted by molar-refractivity contribution is 5.95. The first-order valence-corrected chi connectivity index (χ1v) is 15.8. The Hall–Kier alpha value is -4.68. The number of hydrogen-bond acceptors (Lipinski definition) is 6. The van der Waals surface area contributed by atoms with Crippen LogP contribution in [0.2, 0.25) is 0 Å². The zero-order valence-corrected chi connectivity index (χ0v) is 26.3. The predicted molar refractivity (Wildman–Crippen MR) is 170 cm³/mol. The molecule has 244 valence electrons. The molecule has 1 aromatic heterocycles. The summed E-state index contributed by atoms with van der Waals surface area (Å²) >= 11 is 0. The van der Waals surface area contributed by atoms with Crippen LogP contribution in [0.25, 0.3) is 10.9 Å². The summed E-state index contributed by atoms with van der Waals surface area (Å²) in [4.78, 5) is 68.0. The van der Waals surface area contributed by atoms with E-state index in [0.717, 1.165) is 30.0 Å². The van der Waals surface area contributed by atoms with E-state index in [9.17, 15) is 24.0 Å². The summed E-state index contributed by atoms with van der Waals surface area (Å²) in [7, 11) is 1.35. The quantitative estimate of drug-likeness (QED) is 0.423. The summed E-state index contributed by atoms with van der Waals surface area (Å²) in [6, 6.07) is 6.70. The number of fused-ring (bicyclic) bond motifs is 2. The molecule has 12 nitrogen and oxygen atoms in total. The second kappa shape index (κ2) is 12.6. The molecule has 6 rings (SSSR count). The maximum Gasteiger partial charge on any atom is 0.409 e. The summed E-state index contributed by atoms with van der Waals surface area (Å²) in [5, 5.41) is 5.80. The number of halogens is 1. The zero-order valence-electron chi connectivity index (χ0n) is 26.3. The third kappa shape index (κ3) is 6.22. The van der Waals surface area contributed by atoms with Gasteiger partial charge in [0.05, 0.1) is 23.7 Å². The van der Waals surface area contributed by atoms with Crippen LogP contribution in [0.15, 0.2) is 39.9 Å². The molecule has 0 bridgehead atoms. The monoisotopic (exact) mass is 634 g/mol. The van der Waals surface area contributed by atoms with Gasteiger partial charge in [0.15, 0.2) is 0 Å². The molecule has 1 saturated carbocycles. The molecule has 1 saturated heterocycles. The van der Waals surface area contributed by atoms with Gasteiger partial charge >= 0.3 is 17.8 Å². The van der Waals surface area contributed by atoms with Crippen molar-refractivity contribution in [2.24, 2.45) is 5.92 Å². The molecule has 2 N–H and O–H groups in total. The summed E-state index contributed by atoms with van der Waals surface area (Å²) in [5.74, 6) is -0.732. The third-order valence-corrected chi connectivity index (χ3v) is 9.11. The number of nitrogens with zero attached hydrogens (tertiary/aromatic N) is 4. The SMILES string of the molecule is COC(=O)N1CCc2cc(C(=O)N[C@@H]3CCCN(C(=O)Nc4cc5c(=O)n(CC6CC6)c(=O)n(C(C)C)c5cc4F)C3)ccc2C1. The van der Waals surface area contributed by atoms with Crippen molar-refractivity contribution in [2.75, 3.05) is 32.1 Å². The Morgan fingerprint density at radius 3 is 2.52 bits per heavy atom. The van der Waals surface area contributed by atoms with Gasteiger partial charge in [0.2, 0.25) is 0 Å². The molecule has 3 heterocycles. The maximum absolute atomic E-state index is 15.4. The summed E-state index contributed by atoms with van der Waals surface area (Å²) in [6.45, 7) is 5.50. The minimum absolute atomic E-state index is 0.146. The molecule has 3 aromatic rings. The van der Waals surface area contributed by atoms with E-state index in [1.54, 1.807) is 24.8 Å². The molecule has 2 aliphatic heterocycles. The van der Waals surface area contributed by atoms with Gasteiger partial charge in [0.1, 0.15) is 5.82 Å². The van der Waals surface area contributed by atoms with E-state index < -0.39 is 23.1 Å². The highest BCUT2D eigenvalue weighted by Crippen LogP contribution is 2.30. The Bertz CT molecular complexity index is 1830. The van der Waals surface area contributed by atoms with Crippen molar-refractivity contribution < 1.29 is 23.5 Å². The van der Waals surface area contributed by atoms with Crippen LogP contribution in [0.4, 0.5) is 19.7 Å². The number of aromatic nitrogens is 2. The number of nitrogens with one attached hydrogen (secondary N) is 2. The topological polar surface area (TPSA) is 135 Å². The Balaban J connectivity index is 1.15. The van der Waals surface area contributed by atoms with Crippen LogP contribution in [0.5, 0.6) is 0 Å². The molecular weight excluding hydrogens is 595 g/mol. The average molecular weight is 635 g/mol. The fourth-order valence-corrected chi connectivity index (χ4v) is 6.43. The number of amides is 4. The maximum atomic E-state index is 15.4. The number of benzene rings is 2. The van der Waals surface area contributed by atoms with Crippen LogP contribution in [0.3, 0.4) is 0 Å². The lowest BCUT2D eigenvalue weighted by Gasteiger charge is -2.33. The molecule has 2 fully saturated rings. The van der Waals surface area contributed by atoms with Crippen LogP contribution in [-0.4, -0.2) is 69.8 Å². The standard InChI is InChI=1S/C33H39FN6O6/c1-19(2)40-28-15-26(34)27(14-25(28)30(42)39(32(40)44)16-20-6-7-20)36-31(43)37-11-4-5-24(18-37)35-29(41)22-8-9-23-17-38(33(45)46-3)12-10-21(23)13-22/h8-9,13-15,19-20,24H,4-7,10-12,16-18H2,1-3H3,(H,35,41)(H,36,43)/t24-/m1/s1. The minimum atomic E-state index is -0.752. The van der Waals surface area contributed by atoms with E-state index in [4.69, 9.17) is 4.74 Å². The van der Waals surface area contributed by atoms with Crippen LogP contribution in [-0.2, 0) is 24.2 Å². The van der Waals surface area contributed by atoms with Gasteiger partial charge in [-0.15, -0.1) is 0 Å². The van der Waals surface area contributed by atoms with Crippen molar-refractivity contribution in [3.8, 4) is 0 Å². The summed E-state index contributed by atoms with van der Waals surface area (Å²) < 4.78 is 22.8. The lowest BCUT2D eigenvalue weighted by molar-refractivity contribution is 0.0912. The lowest BCUT2D eigenvalue weighted by Crippen LogP contribution is -2.50. The first-order chi connectivity index (χ1) is 22.0. The number of piperidine rings is 1. The van der Waals surface area contributed by atoms with Gasteiger partial charge in [-0.1, -0.05) is 6.07 Å². The normalized spacial score (nSPS) is 18.0. The number of methoxy groups -OCH3 is 1. The first-order valence-electron chi connectivity index (χ1n) is 15.8. The Morgan fingerprint density at radius 1 is 1.02 bits per heavy atom. The fraction of sp³-hybridized carbons (Fsp3) is 0.485. The molecular formula is C33H39FN6O6. The fourth-order valence-electron chi connectivity index (χ4n) is 6.43. The molecule has 46 heavy (non-hydrogen) atoms. The van der Waals surface area contributed by atoms with Crippen molar-refractivity contribution in [1.82, 2.24) is 24.3 Å². The second-order valence-electron chi connectivity index (χ2n) is 12.8. The van der Waals surface area contributed by atoms with Gasteiger partial charge in [-0.3, -0.25) is 18.7 Å². The van der Waals surface area contributed by atoms with Crippen LogP contribution >= 0.6 is 0 Å². The highest BCUT2D eigenvalue weighted by Gasteiger charge is 2.29. The Kier molecular flexibility index (Phi) is 8.58. The first kappa shape index (κ1) is 31.3. The smallest absolute Gasteiger partial charge is 0.409 e. The predicted octanol–water partition coefficient (Wildman–Crippen LogP) is 3.84. The number of likely N-dealkylation sites (tertiary alicyclic amines) is 1. The highest BCUT2D eigenvalue weighted by atomic mass is 19.1. The molecule has 2 aromatic carbocycles. The molecule has 1 aliphatic carbocycles. The van der Waals surface area contributed by atoms with Crippen LogP contribution in [0, 0.1) is 11.7 Å². The van der Waals surface area contributed by atoms with Gasteiger partial charge in [-0.25, -0.2) is 18.8 Å². The van der Waals surface area contributed by atoms with E-state index in [-0.39, 0.29) is 53.1 Å². The van der Waals surface area contributed by atoms with E-state index in [2.05, 4.69) is 10.6 Å². The van der Waals surface area contributed by atoms with Crippen molar-refractivity contribution in [3.05, 3.63) is 73.7 Å². The van der Waals surface area contributed by atoms with E-state index >= 15 is 4.39 Å². The van der Waals surface area contributed by atoms with Gasteiger partial charge in [-0.05, 0) is 81.2 Å². The van der Waals surface area contributed by atoms with E-state index in [1.165, 1.54) is 27.2 Å². The van der Waals surface area contributed by atoms with Crippen LogP contribution < -0.4 is 21.9 Å². The molecule has 0 unspecified atom stereocenters. The number of urea groups is 1. The van der Waals surface area contributed by atoms with Crippen molar-refractivity contribution in [2.45, 2.75) is 71.1 Å². The lowest BCUT2D eigenvalue weighted by atomic mass is 9.97. The van der Waals surface area contributed by atoms with Crippen molar-refractivity contribution in [1.29, 1.82) is 0 Å². The third-order valence-electron chi connectivity index (χ3n) is 9.11. The van der Waals surface area contributed by atoms with Gasteiger partial charge < -0.3 is 25.2 Å². The number of rotatable bonds is 6. The van der Waals surface area contributed by atoms with Gasteiger partial charge in [0, 0.05) is 56.4 Å². The number of hydrogen-bond donors (Lipinski definition) is 2. The second-order valence-corrected chi connectivity index (χ2v) is 12.8. The van der Waals surface area contributed by atoms with Crippen molar-refractivity contribution >= 4 is 34.6 Å². The molecule has 4 amide bonds. The average Bonchev–Trinajstić information content (AvgIpc) is 3.87. The van der Waals surface area contributed by atoms with E-state index in [1.807, 2.05) is 12.1 Å². The Labute approximate surface area is 265 Å². The summed E-state index contributed by atoms with van der Waals surface area (Å²) in [5.41, 5.74) is 1.55. The zero-order chi connectivity index (χ0) is 32.7. The molecule has 3 aliphatic rings. The number of carbonyl (C=O) groups is 3. The van der Waals surface area contributed by atoms with E-state index in [0.29, 0.717) is 51.0 Å². The molecule has 0 radical (unpaired) electrons. The number of carbonyl (C=O) groups excluding carboxylic acids is 3. The summed E-state index contributed by atoms with van der Waals surface area (Å²) in [6.07, 6.45) is 3.45. The largest absolute Gasteiger partial charge is 0.453 e. The molecule has 1 atom stereocenters. The van der Waals surface area contributed by atoms with Gasteiger partial charge in [0.25, 0.3) is 11.5 Å². The molecule has 0 spiro atoms. The number of ether oxygens (including phenoxy) is 1. The molecule has 13 heteroatoms. The minimum Gasteiger partial charge on any atom is -0.453 e. The van der Waals surface area contributed by atoms with Crippen LogP contribution in [0.1, 0.15) is 67.1 Å². The van der Waals surface area contributed by atoms with Crippen molar-refractivity contribution in [3.63, 3.8) is 0 Å².